The van der Waals surface area contributed by atoms with Gasteiger partial charge in [-0.25, -0.2) is 0 Å². The maximum atomic E-state index is 6.81. The number of rotatable bonds is 15. The molecule has 0 heterocycles. The molecular formula is C48H41N4O4P3+2. The van der Waals surface area contributed by atoms with Gasteiger partial charge < -0.3 is 9.05 Å². The molecule has 11 heteroatoms. The maximum absolute atomic E-state index is 6.81. The maximum Gasteiger partial charge on any atom is 0.623 e. The zero-order valence-electron chi connectivity index (χ0n) is 31.9. The van der Waals surface area contributed by atoms with Gasteiger partial charge in [0.15, 0.2) is 16.0 Å². The molecule has 0 unspecified atom stereocenters. The van der Waals surface area contributed by atoms with Gasteiger partial charge in [0.2, 0.25) is 0 Å². The third-order valence-corrected chi connectivity index (χ3v) is 14.2. The molecule has 0 atom stereocenters. The number of hydrogen-bond donors (Lipinski definition) is 3. The summed E-state index contributed by atoms with van der Waals surface area (Å²) in [6.07, 6.45) is 0. The molecule has 59 heavy (non-hydrogen) atoms. The van der Waals surface area contributed by atoms with Crippen LogP contribution in [0.3, 0.4) is 0 Å². The van der Waals surface area contributed by atoms with Crippen LogP contribution in [0.5, 0.6) is 23.0 Å². The van der Waals surface area contributed by atoms with Crippen LogP contribution in [-0.4, -0.2) is 0 Å². The van der Waals surface area contributed by atoms with Gasteiger partial charge in [-0.1, -0.05) is 170 Å². The zero-order valence-corrected chi connectivity index (χ0v) is 34.5. The lowest BCUT2D eigenvalue weighted by atomic mass is 10.1. The Balaban J connectivity index is 1.16. The lowest BCUT2D eigenvalue weighted by molar-refractivity contribution is 0.441. The average molecular weight is 831 g/mol. The standard InChI is InChI=1S/C48H41N4O4P3/c49-57(50)51-59(55-47-33-25-43(26-34-47)39-17-9-3-10-18-39,56-48-35-27-44(28-36-48)40-19-11-4-12-20-40)52-58(53-45-29-21-41(22-30-45)37-13-5-1-6-14-37)54-46-31-23-42(24-32-46)38-15-7-2-8-16-38/h1-36,52H,(H4,49,50,51)/q+2. The normalized spacial score (nSPS) is 11.1. The molecule has 8 nitrogen and oxygen atoms in total. The third kappa shape index (κ3) is 10.7. The van der Waals surface area contributed by atoms with E-state index in [1.165, 1.54) is 0 Å². The van der Waals surface area contributed by atoms with Crippen molar-refractivity contribution >= 4 is 24.6 Å². The Kier molecular flexibility index (Phi) is 12.8. The first-order chi connectivity index (χ1) is 29.0. The van der Waals surface area contributed by atoms with Crippen molar-refractivity contribution < 1.29 is 18.1 Å². The highest BCUT2D eigenvalue weighted by atomic mass is 31.3. The van der Waals surface area contributed by atoms with E-state index in [1.54, 1.807) is 0 Å². The number of nitrogens with zero attached hydrogens (tertiary/aromatic N) is 1. The molecule has 0 saturated heterocycles. The lowest BCUT2D eigenvalue weighted by Crippen LogP contribution is -2.23. The molecule has 0 aromatic heterocycles. The molecule has 8 aromatic rings. The monoisotopic (exact) mass is 830 g/mol. The molecule has 8 aromatic carbocycles. The van der Waals surface area contributed by atoms with Gasteiger partial charge in [-0.15, -0.1) is 11.0 Å². The van der Waals surface area contributed by atoms with E-state index < -0.39 is 24.6 Å². The average Bonchev–Trinajstić information content (AvgIpc) is 3.28. The fourth-order valence-corrected chi connectivity index (χ4v) is 11.1. The van der Waals surface area contributed by atoms with Crippen LogP contribution in [0.1, 0.15) is 0 Å². The number of hydrogen-bond acceptors (Lipinski definition) is 6. The van der Waals surface area contributed by atoms with Gasteiger partial charge in [-0.05, 0) is 97.9 Å². The van der Waals surface area contributed by atoms with Gasteiger partial charge in [0.25, 0.3) is 0 Å². The summed E-state index contributed by atoms with van der Waals surface area (Å²) >= 11 is 0. The Morgan fingerprint density at radius 3 is 0.881 bits per heavy atom. The van der Waals surface area contributed by atoms with Gasteiger partial charge in [0.1, 0.15) is 11.5 Å². The van der Waals surface area contributed by atoms with Crippen LogP contribution in [0.25, 0.3) is 44.5 Å². The molecule has 290 valence electrons. The highest BCUT2D eigenvalue weighted by Crippen LogP contribution is 2.65. The van der Waals surface area contributed by atoms with Crippen molar-refractivity contribution in [1.82, 2.24) is 4.86 Å². The van der Waals surface area contributed by atoms with Crippen molar-refractivity contribution in [2.24, 2.45) is 15.5 Å². The van der Waals surface area contributed by atoms with Crippen LogP contribution in [0.15, 0.2) is 223 Å². The van der Waals surface area contributed by atoms with Crippen LogP contribution < -0.4 is 34.0 Å². The molecule has 0 aliphatic heterocycles. The molecule has 0 saturated carbocycles. The molecule has 0 fully saturated rings. The first-order valence-corrected chi connectivity index (χ1v) is 23.0. The largest absolute Gasteiger partial charge is 0.623 e. The molecule has 0 aliphatic carbocycles. The smallest absolute Gasteiger partial charge is 0.425 e. The quantitative estimate of drug-likeness (QED) is 0.0882. The SMILES string of the molecule is N[P+](N)=N[P+](NP(Oc1ccc(-c2ccccc2)cc1)Oc1ccc(-c2ccccc2)cc1)(Oc1ccc(-c2ccccc2)cc1)Oc1ccc(-c2ccccc2)cc1. The van der Waals surface area contributed by atoms with Crippen LogP contribution in [0.4, 0.5) is 0 Å². The Morgan fingerprint density at radius 1 is 0.356 bits per heavy atom. The van der Waals surface area contributed by atoms with E-state index >= 15 is 0 Å². The van der Waals surface area contributed by atoms with E-state index in [0.29, 0.717) is 23.0 Å². The van der Waals surface area contributed by atoms with Crippen LogP contribution in [0.2, 0.25) is 0 Å². The van der Waals surface area contributed by atoms with Crippen LogP contribution >= 0.6 is 24.6 Å². The molecule has 0 bridgehead atoms. The summed E-state index contributed by atoms with van der Waals surface area (Å²) in [6, 6.07) is 71.7. The Labute approximate surface area is 347 Å². The highest BCUT2D eigenvalue weighted by Gasteiger charge is 2.57. The molecule has 0 aliphatic rings. The van der Waals surface area contributed by atoms with Crippen LogP contribution in [0, 0.1) is 0 Å². The number of nitrogens with one attached hydrogen (secondary N) is 1. The van der Waals surface area contributed by atoms with E-state index in [4.69, 9.17) is 33.6 Å². The molecule has 0 radical (unpaired) electrons. The van der Waals surface area contributed by atoms with Crippen molar-refractivity contribution in [3.63, 3.8) is 0 Å². The highest BCUT2D eigenvalue weighted by molar-refractivity contribution is 7.75. The van der Waals surface area contributed by atoms with Gasteiger partial charge in [0, 0.05) is 0 Å². The summed E-state index contributed by atoms with van der Waals surface area (Å²) in [7, 11) is -7.68. The molecule has 8 rings (SSSR count). The Bertz CT molecular complexity index is 2400. The summed E-state index contributed by atoms with van der Waals surface area (Å²) < 4.78 is 31.7. The summed E-state index contributed by atoms with van der Waals surface area (Å²) in [5, 5.41) is 0. The molecule has 5 N–H and O–H groups in total. The Morgan fingerprint density at radius 2 is 0.610 bits per heavy atom. The molecular weight excluding hydrogens is 789 g/mol. The summed E-state index contributed by atoms with van der Waals surface area (Å²) in [6.45, 7) is 0. The van der Waals surface area contributed by atoms with Crippen molar-refractivity contribution in [3.8, 4) is 67.5 Å². The summed E-state index contributed by atoms with van der Waals surface area (Å²) in [5.41, 5.74) is 21.2. The topological polar surface area (TPSA) is 113 Å². The minimum atomic E-state index is -3.68. The van der Waals surface area contributed by atoms with E-state index in [9.17, 15) is 0 Å². The van der Waals surface area contributed by atoms with E-state index in [0.717, 1.165) is 44.5 Å². The molecule has 0 amide bonds. The minimum Gasteiger partial charge on any atom is -0.425 e. The van der Waals surface area contributed by atoms with Crippen molar-refractivity contribution in [3.05, 3.63) is 218 Å². The zero-order chi connectivity index (χ0) is 40.3. The minimum absolute atomic E-state index is 0.487. The van der Waals surface area contributed by atoms with Crippen LogP contribution in [-0.2, 0) is 0 Å². The van der Waals surface area contributed by atoms with Gasteiger partial charge in [0.05, 0.1) is 0 Å². The summed E-state index contributed by atoms with van der Waals surface area (Å²) in [5.74, 6) is 2.09. The fourth-order valence-electron chi connectivity index (χ4n) is 6.25. The van der Waals surface area contributed by atoms with Crippen molar-refractivity contribution in [1.29, 1.82) is 0 Å². The van der Waals surface area contributed by atoms with E-state index in [-0.39, 0.29) is 0 Å². The lowest BCUT2D eigenvalue weighted by Gasteiger charge is -2.22. The first kappa shape index (κ1) is 39.6. The second kappa shape index (κ2) is 19.0. The Hall–Kier alpha value is -6.20. The van der Waals surface area contributed by atoms with Crippen molar-refractivity contribution in [2.45, 2.75) is 0 Å². The van der Waals surface area contributed by atoms with E-state index in [1.807, 2.05) is 170 Å². The third-order valence-electron chi connectivity index (χ3n) is 9.11. The number of benzene rings is 8. The fraction of sp³-hybridized carbons (Fsp3) is 0. The second-order valence-electron chi connectivity index (χ2n) is 13.3. The van der Waals surface area contributed by atoms with E-state index in [2.05, 4.69) is 53.4 Å². The van der Waals surface area contributed by atoms with Gasteiger partial charge >= 0.3 is 24.6 Å². The number of nitrogens with two attached hydrogens (primary N) is 2. The summed E-state index contributed by atoms with van der Waals surface area (Å²) in [4.78, 5) is 3.45. The molecule has 0 spiro atoms. The van der Waals surface area contributed by atoms with Gasteiger partial charge in [-0.2, -0.15) is 0 Å². The second-order valence-corrected chi connectivity index (χ2v) is 17.8. The predicted molar refractivity (Wildman–Crippen MR) is 245 cm³/mol. The first-order valence-electron chi connectivity index (χ1n) is 18.8. The van der Waals surface area contributed by atoms with Crippen molar-refractivity contribution in [2.75, 3.05) is 0 Å². The predicted octanol–water partition coefficient (Wildman–Crippen LogP) is 13.9. The van der Waals surface area contributed by atoms with Gasteiger partial charge in [-0.3, -0.25) is 9.05 Å².